The normalized spacial score (nSPS) is 15.4. The van der Waals surface area contributed by atoms with Crippen LogP contribution in [0.2, 0.25) is 0 Å². The highest BCUT2D eigenvalue weighted by atomic mass is 79.9. The Morgan fingerprint density at radius 3 is 2.45 bits per heavy atom. The lowest BCUT2D eigenvalue weighted by Crippen LogP contribution is -2.51. The molecule has 1 aromatic rings. The summed E-state index contributed by atoms with van der Waals surface area (Å²) in [5.74, 6) is 5.77. The second kappa shape index (κ2) is 7.02. The summed E-state index contributed by atoms with van der Waals surface area (Å²) >= 11 is 3.63. The topological polar surface area (TPSA) is 65.1 Å². The fourth-order valence-electron chi connectivity index (χ4n) is 2.65. The molecule has 2 atom stereocenters. The molecule has 2 unspecified atom stereocenters. The number of aromatic nitrogens is 2. The highest BCUT2D eigenvalue weighted by molar-refractivity contribution is 9.10. The summed E-state index contributed by atoms with van der Waals surface area (Å²) in [6.45, 7) is 11.4. The van der Waals surface area contributed by atoms with Gasteiger partial charge in [0, 0.05) is 20.1 Å². The third-order valence-electron chi connectivity index (χ3n) is 3.55. The molecule has 5 nitrogen and oxygen atoms in total. The second-order valence-electron chi connectivity index (χ2n) is 6.16. The number of hydrogen-bond acceptors (Lipinski definition) is 4. The van der Waals surface area contributed by atoms with E-state index in [9.17, 15) is 0 Å². The third kappa shape index (κ3) is 3.81. The molecular weight excluding hydrogens is 320 g/mol. The summed E-state index contributed by atoms with van der Waals surface area (Å²) in [6.07, 6.45) is 0.779. The zero-order valence-electron chi connectivity index (χ0n) is 13.3. The van der Waals surface area contributed by atoms with Crippen molar-refractivity contribution in [2.75, 3.05) is 7.11 Å². The molecule has 0 spiro atoms. The second-order valence-corrected chi connectivity index (χ2v) is 6.95. The highest BCUT2D eigenvalue weighted by Crippen LogP contribution is 2.28. The van der Waals surface area contributed by atoms with Crippen LogP contribution in [0.1, 0.15) is 39.1 Å². The Hall–Kier alpha value is -0.430. The zero-order chi connectivity index (χ0) is 15.5. The Labute approximate surface area is 130 Å². The maximum absolute atomic E-state index is 5.77. The number of halogens is 1. The van der Waals surface area contributed by atoms with Crippen molar-refractivity contribution in [2.24, 2.45) is 11.3 Å². The van der Waals surface area contributed by atoms with Gasteiger partial charge in [-0.1, -0.05) is 20.8 Å². The molecule has 20 heavy (non-hydrogen) atoms. The standard InChI is InChI=1S/C14H27BrN4O/c1-7-19-11(12(15)9(2)18-19)8-10(17-16)13(20-6)14(3,4)5/h10,13,17H,7-8,16H2,1-6H3. The van der Waals surface area contributed by atoms with Crippen LogP contribution in [-0.2, 0) is 17.7 Å². The molecule has 0 amide bonds. The van der Waals surface area contributed by atoms with Gasteiger partial charge in [0.25, 0.3) is 0 Å². The maximum Gasteiger partial charge on any atom is 0.0789 e. The predicted octanol–water partition coefficient (Wildman–Crippen LogP) is 2.41. The van der Waals surface area contributed by atoms with Crippen molar-refractivity contribution >= 4 is 15.9 Å². The van der Waals surface area contributed by atoms with Gasteiger partial charge < -0.3 is 4.74 Å². The van der Waals surface area contributed by atoms with Crippen molar-refractivity contribution in [2.45, 2.75) is 59.7 Å². The molecule has 0 aliphatic carbocycles. The fraction of sp³-hybridized carbons (Fsp3) is 0.786. The zero-order valence-corrected chi connectivity index (χ0v) is 14.9. The van der Waals surface area contributed by atoms with Gasteiger partial charge in [0.05, 0.1) is 28.0 Å². The molecule has 1 rings (SSSR count). The van der Waals surface area contributed by atoms with Gasteiger partial charge in [-0.2, -0.15) is 5.10 Å². The largest absolute Gasteiger partial charge is 0.379 e. The van der Waals surface area contributed by atoms with Gasteiger partial charge in [0.2, 0.25) is 0 Å². The number of ether oxygens (including phenoxy) is 1. The quantitative estimate of drug-likeness (QED) is 0.613. The molecule has 6 heteroatoms. The monoisotopic (exact) mass is 346 g/mol. The first-order valence-corrected chi connectivity index (χ1v) is 7.76. The lowest BCUT2D eigenvalue weighted by molar-refractivity contribution is -0.0115. The van der Waals surface area contributed by atoms with Crippen LogP contribution in [-0.4, -0.2) is 29.0 Å². The Kier molecular flexibility index (Phi) is 6.19. The third-order valence-corrected chi connectivity index (χ3v) is 4.58. The van der Waals surface area contributed by atoms with Gasteiger partial charge in [-0.25, -0.2) is 0 Å². The molecule has 3 N–H and O–H groups in total. The molecule has 0 aromatic carbocycles. The first kappa shape index (κ1) is 17.6. The summed E-state index contributed by atoms with van der Waals surface area (Å²) in [6, 6.07) is 0.0256. The van der Waals surface area contributed by atoms with Crippen molar-refractivity contribution < 1.29 is 4.74 Å². The number of methoxy groups -OCH3 is 1. The van der Waals surface area contributed by atoms with E-state index in [0.717, 1.165) is 28.8 Å². The SMILES string of the molecule is CCn1nc(C)c(Br)c1CC(NN)C(OC)C(C)(C)C. The molecule has 0 saturated carbocycles. The molecule has 0 aliphatic heterocycles. The first-order valence-electron chi connectivity index (χ1n) is 6.96. The number of aryl methyl sites for hydroxylation is 2. The lowest BCUT2D eigenvalue weighted by atomic mass is 9.83. The predicted molar refractivity (Wildman–Crippen MR) is 85.4 cm³/mol. The summed E-state index contributed by atoms with van der Waals surface area (Å²) in [4.78, 5) is 0. The minimum absolute atomic E-state index is 0.00434. The van der Waals surface area contributed by atoms with Crippen LogP contribution in [0.5, 0.6) is 0 Å². The smallest absolute Gasteiger partial charge is 0.0789 e. The van der Waals surface area contributed by atoms with Crippen LogP contribution in [0.4, 0.5) is 0 Å². The summed E-state index contributed by atoms with van der Waals surface area (Å²) in [7, 11) is 1.73. The lowest BCUT2D eigenvalue weighted by Gasteiger charge is -2.35. The number of hydrazine groups is 1. The van der Waals surface area contributed by atoms with Crippen molar-refractivity contribution in [1.29, 1.82) is 0 Å². The average Bonchev–Trinajstić information content (AvgIpc) is 2.64. The number of rotatable bonds is 6. The van der Waals surface area contributed by atoms with Crippen LogP contribution in [0.15, 0.2) is 4.47 Å². The van der Waals surface area contributed by atoms with E-state index < -0.39 is 0 Å². The van der Waals surface area contributed by atoms with E-state index in [2.05, 4.69) is 54.1 Å². The Bertz CT molecular complexity index is 439. The molecule has 0 radical (unpaired) electrons. The van der Waals surface area contributed by atoms with Gasteiger partial charge in [-0.15, -0.1) is 0 Å². The molecule has 1 aromatic heterocycles. The van der Waals surface area contributed by atoms with Crippen molar-refractivity contribution in [1.82, 2.24) is 15.2 Å². The van der Waals surface area contributed by atoms with E-state index in [0.29, 0.717) is 0 Å². The van der Waals surface area contributed by atoms with Crippen LogP contribution in [0.25, 0.3) is 0 Å². The molecule has 0 saturated heterocycles. The molecule has 1 heterocycles. The van der Waals surface area contributed by atoms with Crippen LogP contribution < -0.4 is 11.3 Å². The number of nitrogens with two attached hydrogens (primary N) is 1. The maximum atomic E-state index is 5.77. The van der Waals surface area contributed by atoms with Gasteiger partial charge in [-0.3, -0.25) is 16.0 Å². The molecule has 0 fully saturated rings. The van der Waals surface area contributed by atoms with Gasteiger partial charge in [0.15, 0.2) is 0 Å². The Morgan fingerprint density at radius 2 is 2.05 bits per heavy atom. The average molecular weight is 347 g/mol. The summed E-state index contributed by atoms with van der Waals surface area (Å²) in [5.41, 5.74) is 5.07. The molecule has 0 bridgehead atoms. The minimum Gasteiger partial charge on any atom is -0.379 e. The first-order chi connectivity index (χ1) is 9.26. The Balaban J connectivity index is 3.05. The van der Waals surface area contributed by atoms with E-state index in [1.165, 1.54) is 0 Å². The fourth-order valence-corrected chi connectivity index (χ4v) is 3.09. The van der Waals surface area contributed by atoms with Crippen LogP contribution in [0, 0.1) is 12.3 Å². The molecular formula is C14H27BrN4O. The van der Waals surface area contributed by atoms with E-state index in [4.69, 9.17) is 10.6 Å². The van der Waals surface area contributed by atoms with E-state index in [-0.39, 0.29) is 17.6 Å². The molecule has 116 valence electrons. The Morgan fingerprint density at radius 1 is 1.45 bits per heavy atom. The van der Waals surface area contributed by atoms with Gasteiger partial charge in [0.1, 0.15) is 0 Å². The van der Waals surface area contributed by atoms with Crippen LogP contribution in [0.3, 0.4) is 0 Å². The van der Waals surface area contributed by atoms with Crippen molar-refractivity contribution in [3.8, 4) is 0 Å². The number of hydrogen-bond donors (Lipinski definition) is 2. The molecule has 0 aliphatic rings. The van der Waals surface area contributed by atoms with E-state index in [1.807, 2.05) is 11.6 Å². The summed E-state index contributed by atoms with van der Waals surface area (Å²) < 4.78 is 8.74. The van der Waals surface area contributed by atoms with Gasteiger partial charge >= 0.3 is 0 Å². The number of nitrogens with zero attached hydrogens (tertiary/aromatic N) is 2. The highest BCUT2D eigenvalue weighted by Gasteiger charge is 2.33. The van der Waals surface area contributed by atoms with E-state index in [1.54, 1.807) is 7.11 Å². The van der Waals surface area contributed by atoms with Crippen LogP contribution >= 0.6 is 15.9 Å². The number of nitrogens with one attached hydrogen (secondary N) is 1. The summed E-state index contributed by atoms with van der Waals surface area (Å²) in [5, 5.41) is 4.52. The van der Waals surface area contributed by atoms with Crippen molar-refractivity contribution in [3.05, 3.63) is 15.9 Å². The minimum atomic E-state index is 0.00434. The van der Waals surface area contributed by atoms with E-state index >= 15 is 0 Å². The van der Waals surface area contributed by atoms with Crippen molar-refractivity contribution in [3.63, 3.8) is 0 Å². The van der Waals surface area contributed by atoms with Gasteiger partial charge in [-0.05, 0) is 35.2 Å².